The van der Waals surface area contributed by atoms with Gasteiger partial charge >= 0.3 is 0 Å². The fraction of sp³-hybridized carbons (Fsp3) is 0.538. The highest BCUT2D eigenvalue weighted by Gasteiger charge is 2.21. The van der Waals surface area contributed by atoms with Gasteiger partial charge in [-0.15, -0.1) is 0 Å². The van der Waals surface area contributed by atoms with E-state index in [-0.39, 0.29) is 12.2 Å². The zero-order valence-corrected chi connectivity index (χ0v) is 9.68. The normalized spacial score (nSPS) is 22.6. The van der Waals surface area contributed by atoms with Crippen LogP contribution >= 0.6 is 0 Å². The van der Waals surface area contributed by atoms with E-state index in [1.807, 2.05) is 25.1 Å². The van der Waals surface area contributed by atoms with Crippen molar-refractivity contribution in [2.75, 3.05) is 0 Å². The molecule has 0 heterocycles. The van der Waals surface area contributed by atoms with Crippen LogP contribution in [0.2, 0.25) is 0 Å². The molecule has 0 spiro atoms. The summed E-state index contributed by atoms with van der Waals surface area (Å²) in [4.78, 5) is 0. The van der Waals surface area contributed by atoms with Crippen LogP contribution in [0.25, 0.3) is 0 Å². The Hall–Kier alpha value is -1.06. The minimum Gasteiger partial charge on any atom is -0.488 e. The van der Waals surface area contributed by atoms with Gasteiger partial charge < -0.3 is 14.9 Å². The molecule has 3 nitrogen and oxygen atoms in total. The molecule has 3 unspecified atom stereocenters. The van der Waals surface area contributed by atoms with Gasteiger partial charge in [0.05, 0.1) is 12.2 Å². The minimum atomic E-state index is -0.487. The molecule has 3 atom stereocenters. The maximum Gasteiger partial charge on any atom is 0.121 e. The summed E-state index contributed by atoms with van der Waals surface area (Å²) in [6.45, 7) is 3.55. The van der Waals surface area contributed by atoms with Crippen LogP contribution in [-0.4, -0.2) is 22.4 Å². The van der Waals surface area contributed by atoms with E-state index in [0.29, 0.717) is 0 Å². The Balaban J connectivity index is 2.13. The quantitative estimate of drug-likeness (QED) is 0.820. The number of fused-ring (bicyclic) bond motifs is 1. The molecule has 0 amide bonds. The van der Waals surface area contributed by atoms with Crippen molar-refractivity contribution in [3.63, 3.8) is 0 Å². The maximum atomic E-state index is 9.66. The van der Waals surface area contributed by atoms with Gasteiger partial charge in [-0.2, -0.15) is 0 Å². The van der Waals surface area contributed by atoms with Crippen LogP contribution in [0.15, 0.2) is 18.2 Å². The van der Waals surface area contributed by atoms with E-state index in [2.05, 4.69) is 0 Å². The molecule has 16 heavy (non-hydrogen) atoms. The smallest absolute Gasteiger partial charge is 0.121 e. The van der Waals surface area contributed by atoms with E-state index in [4.69, 9.17) is 4.74 Å². The van der Waals surface area contributed by atoms with Crippen LogP contribution in [-0.2, 0) is 6.42 Å². The first kappa shape index (κ1) is 11.4. The van der Waals surface area contributed by atoms with Crippen LogP contribution in [0.1, 0.15) is 37.5 Å². The summed E-state index contributed by atoms with van der Waals surface area (Å²) in [7, 11) is 0. The van der Waals surface area contributed by atoms with Crippen molar-refractivity contribution in [1.82, 2.24) is 0 Å². The average molecular weight is 222 g/mol. The lowest BCUT2D eigenvalue weighted by atomic mass is 10.1. The number of rotatable bonds is 3. The minimum absolute atomic E-state index is 0.218. The molecule has 1 aromatic rings. The first-order valence-electron chi connectivity index (χ1n) is 5.73. The summed E-state index contributed by atoms with van der Waals surface area (Å²) in [5, 5.41) is 19.0. The van der Waals surface area contributed by atoms with E-state index in [1.54, 1.807) is 6.92 Å². The SMILES string of the molecule is CC(O)C(C)Oc1ccc2c(c1)CCC2O. The van der Waals surface area contributed by atoms with Gasteiger partial charge in [-0.25, -0.2) is 0 Å². The second-order valence-corrected chi connectivity index (χ2v) is 4.48. The van der Waals surface area contributed by atoms with E-state index < -0.39 is 6.10 Å². The molecule has 0 saturated carbocycles. The second kappa shape index (κ2) is 4.44. The highest BCUT2D eigenvalue weighted by atomic mass is 16.5. The Labute approximate surface area is 95.7 Å². The number of aryl methyl sites for hydroxylation is 1. The van der Waals surface area contributed by atoms with Gasteiger partial charge in [0.1, 0.15) is 11.9 Å². The average Bonchev–Trinajstić information content (AvgIpc) is 2.60. The molecule has 0 bridgehead atoms. The third-order valence-corrected chi connectivity index (χ3v) is 3.16. The number of hydrogen-bond acceptors (Lipinski definition) is 3. The third kappa shape index (κ3) is 2.20. The molecule has 0 aliphatic heterocycles. The Morgan fingerprint density at radius 1 is 1.38 bits per heavy atom. The molecule has 0 radical (unpaired) electrons. The van der Waals surface area contributed by atoms with Crippen LogP contribution in [0.5, 0.6) is 5.75 Å². The largest absolute Gasteiger partial charge is 0.488 e. The topological polar surface area (TPSA) is 49.7 Å². The van der Waals surface area contributed by atoms with E-state index in [0.717, 1.165) is 29.7 Å². The number of aliphatic hydroxyl groups excluding tert-OH is 2. The predicted octanol–water partition coefficient (Wildman–Crippen LogP) is 1.81. The Kier molecular flexibility index (Phi) is 3.17. The Morgan fingerprint density at radius 2 is 2.12 bits per heavy atom. The monoisotopic (exact) mass is 222 g/mol. The molecule has 1 aliphatic carbocycles. The van der Waals surface area contributed by atoms with E-state index in [9.17, 15) is 10.2 Å². The predicted molar refractivity (Wildman–Crippen MR) is 61.5 cm³/mol. The summed E-state index contributed by atoms with van der Waals surface area (Å²) in [6.07, 6.45) is 0.670. The van der Waals surface area contributed by atoms with Gasteiger partial charge in [-0.3, -0.25) is 0 Å². The van der Waals surface area contributed by atoms with Gasteiger partial charge in [0, 0.05) is 0 Å². The lowest BCUT2D eigenvalue weighted by molar-refractivity contribution is 0.0604. The van der Waals surface area contributed by atoms with Crippen molar-refractivity contribution in [1.29, 1.82) is 0 Å². The van der Waals surface area contributed by atoms with Gasteiger partial charge in [-0.1, -0.05) is 6.07 Å². The maximum absolute atomic E-state index is 9.66. The van der Waals surface area contributed by atoms with Crippen molar-refractivity contribution < 1.29 is 14.9 Å². The molecule has 0 saturated heterocycles. The first-order chi connectivity index (χ1) is 7.58. The Bertz CT molecular complexity index is 373. The molecule has 2 rings (SSSR count). The highest BCUT2D eigenvalue weighted by Crippen LogP contribution is 2.33. The van der Waals surface area contributed by atoms with Gasteiger partial charge in [0.2, 0.25) is 0 Å². The molecule has 2 N–H and O–H groups in total. The summed E-state index contributed by atoms with van der Waals surface area (Å²) in [5.74, 6) is 0.765. The van der Waals surface area contributed by atoms with Crippen LogP contribution in [0.3, 0.4) is 0 Å². The van der Waals surface area contributed by atoms with Crippen LogP contribution in [0, 0.1) is 0 Å². The molecule has 1 aromatic carbocycles. The number of hydrogen-bond donors (Lipinski definition) is 2. The van der Waals surface area contributed by atoms with E-state index in [1.165, 1.54) is 0 Å². The highest BCUT2D eigenvalue weighted by molar-refractivity contribution is 5.39. The third-order valence-electron chi connectivity index (χ3n) is 3.16. The zero-order valence-electron chi connectivity index (χ0n) is 9.68. The van der Waals surface area contributed by atoms with Crippen LogP contribution < -0.4 is 4.74 Å². The lowest BCUT2D eigenvalue weighted by Crippen LogP contribution is -2.25. The van der Waals surface area contributed by atoms with Crippen molar-refractivity contribution in [2.45, 2.75) is 45.0 Å². The lowest BCUT2D eigenvalue weighted by Gasteiger charge is -2.17. The standard InChI is InChI=1S/C13H18O3/c1-8(14)9(2)16-11-4-5-12-10(7-11)3-6-13(12)15/h4-5,7-9,13-15H,3,6H2,1-2H3. The molecular formula is C13H18O3. The molecular weight excluding hydrogens is 204 g/mol. The molecule has 0 fully saturated rings. The summed E-state index contributed by atoms with van der Waals surface area (Å²) in [5.41, 5.74) is 2.17. The van der Waals surface area contributed by atoms with Crippen molar-refractivity contribution in [2.24, 2.45) is 0 Å². The molecule has 0 aromatic heterocycles. The molecule has 88 valence electrons. The molecule has 3 heteroatoms. The fourth-order valence-corrected chi connectivity index (χ4v) is 1.96. The van der Waals surface area contributed by atoms with Gasteiger partial charge in [-0.05, 0) is 49.9 Å². The van der Waals surface area contributed by atoms with Crippen LogP contribution in [0.4, 0.5) is 0 Å². The number of benzene rings is 1. The summed E-state index contributed by atoms with van der Waals surface area (Å²) < 4.78 is 5.60. The first-order valence-corrected chi connectivity index (χ1v) is 5.73. The Morgan fingerprint density at radius 3 is 2.81 bits per heavy atom. The van der Waals surface area contributed by atoms with Crippen molar-refractivity contribution >= 4 is 0 Å². The summed E-state index contributed by atoms with van der Waals surface area (Å²) >= 11 is 0. The number of aliphatic hydroxyl groups is 2. The van der Waals surface area contributed by atoms with Gasteiger partial charge in [0.15, 0.2) is 0 Å². The fourth-order valence-electron chi connectivity index (χ4n) is 1.96. The van der Waals surface area contributed by atoms with Crippen molar-refractivity contribution in [3.8, 4) is 5.75 Å². The number of ether oxygens (including phenoxy) is 1. The van der Waals surface area contributed by atoms with Gasteiger partial charge in [0.25, 0.3) is 0 Å². The zero-order chi connectivity index (χ0) is 11.7. The summed E-state index contributed by atoms with van der Waals surface area (Å²) in [6, 6.07) is 5.73. The van der Waals surface area contributed by atoms with E-state index >= 15 is 0 Å². The molecule has 1 aliphatic rings. The van der Waals surface area contributed by atoms with Crippen molar-refractivity contribution in [3.05, 3.63) is 29.3 Å². The second-order valence-electron chi connectivity index (χ2n) is 4.48.